The predicted octanol–water partition coefficient (Wildman–Crippen LogP) is 14.1. The van der Waals surface area contributed by atoms with Gasteiger partial charge in [0.2, 0.25) is 11.0 Å². The summed E-state index contributed by atoms with van der Waals surface area (Å²) in [5, 5.41) is 1.66. The van der Waals surface area contributed by atoms with Gasteiger partial charge < -0.3 is 18.8 Å². The molecule has 0 saturated carbocycles. The van der Waals surface area contributed by atoms with E-state index in [1.807, 2.05) is 47.8 Å². The molecule has 6 aromatic carbocycles. The van der Waals surface area contributed by atoms with Gasteiger partial charge in [0.25, 0.3) is 10.1 Å². The Labute approximate surface area is 422 Å². The molecule has 0 saturated heterocycles. The Bertz CT molecular complexity index is 3120. The standard InChI is InChI=1S/C59H62N2O6S3/c1-43-19-13-20-44(2)58(43)60(33-15-35-65-37-17-39-68-49-23-7-5-8-24-49)47-29-31-51-54(41-47)67-55-42-48(30-32-52(55)57(51)53-27-11-12-28-56(53)70(62,63)64)61(59-45(3)21-14-22-46(59)4)34-16-36-66-38-18-40-69-50-25-9-6-10-26-50/h5-14,19-32,41-42H,15-18,33-40H2,1-4H3/p+1. The second-order valence-electron chi connectivity index (χ2n) is 17.6. The Morgan fingerprint density at radius 2 is 1.16 bits per heavy atom. The maximum absolute atomic E-state index is 13.0. The van der Waals surface area contributed by atoms with Gasteiger partial charge in [-0.05, 0) is 107 Å². The summed E-state index contributed by atoms with van der Waals surface area (Å²) in [7, 11) is -4.59. The number of thioether (sulfide) groups is 2. The van der Waals surface area contributed by atoms with E-state index in [4.69, 9.17) is 13.9 Å². The molecule has 1 aliphatic carbocycles. The largest absolute Gasteiger partial charge is 0.456 e. The van der Waals surface area contributed by atoms with E-state index in [1.165, 1.54) is 15.9 Å². The lowest BCUT2D eigenvalue weighted by atomic mass is 9.93. The Kier molecular flexibility index (Phi) is 17.7. The molecule has 1 heterocycles. The SMILES string of the molecule is Cc1cccc(C)c1N(CCCOCCCSc1ccccc1)c1ccc2c(-c3ccccc3S(=O)(=O)O)c3ccc(=[N+](CCCOCCCSc4ccccc4)c4c(C)cccc4C)cc-3oc2c1. The van der Waals surface area contributed by atoms with Crippen LogP contribution in [0, 0.1) is 27.7 Å². The third kappa shape index (κ3) is 12.8. The topological polar surface area (TPSA) is 92.2 Å². The zero-order chi connectivity index (χ0) is 48.9. The molecular weight excluding hydrogens is 929 g/mol. The van der Waals surface area contributed by atoms with E-state index in [0.29, 0.717) is 62.0 Å². The minimum Gasteiger partial charge on any atom is -0.456 e. The summed E-state index contributed by atoms with van der Waals surface area (Å²) < 4.78 is 58.4. The lowest BCUT2D eigenvalue weighted by Gasteiger charge is -2.29. The average molecular weight is 992 g/mol. The van der Waals surface area contributed by atoms with Crippen molar-refractivity contribution in [1.82, 2.24) is 4.58 Å². The molecular formula is C59H63N2O6S3+. The molecule has 0 spiro atoms. The molecule has 0 fully saturated rings. The Morgan fingerprint density at radius 3 is 1.79 bits per heavy atom. The van der Waals surface area contributed by atoms with Crippen LogP contribution in [0.25, 0.3) is 33.4 Å². The van der Waals surface area contributed by atoms with Crippen LogP contribution in [0.3, 0.4) is 0 Å². The maximum Gasteiger partial charge on any atom is 0.295 e. The van der Waals surface area contributed by atoms with Crippen molar-refractivity contribution < 1.29 is 26.9 Å². The molecule has 0 radical (unpaired) electrons. The van der Waals surface area contributed by atoms with E-state index < -0.39 is 10.1 Å². The van der Waals surface area contributed by atoms with Crippen LogP contribution in [-0.2, 0) is 19.6 Å². The highest BCUT2D eigenvalue weighted by Gasteiger charge is 2.26. The van der Waals surface area contributed by atoms with Gasteiger partial charge in [0.15, 0.2) is 6.54 Å². The molecule has 6 aromatic rings. The summed E-state index contributed by atoms with van der Waals surface area (Å²) in [6, 6.07) is 52.6. The number of aryl methyl sites for hydroxylation is 4. The van der Waals surface area contributed by atoms with E-state index in [-0.39, 0.29) is 4.90 Å². The van der Waals surface area contributed by atoms with Gasteiger partial charge in [0, 0.05) is 111 Å². The molecule has 2 aliphatic rings. The van der Waals surface area contributed by atoms with Gasteiger partial charge in [-0.3, -0.25) is 4.55 Å². The van der Waals surface area contributed by atoms with Crippen molar-refractivity contribution >= 4 is 61.7 Å². The molecule has 70 heavy (non-hydrogen) atoms. The quantitative estimate of drug-likeness (QED) is 0.0221. The highest BCUT2D eigenvalue weighted by atomic mass is 32.2. The first kappa shape index (κ1) is 50.7. The van der Waals surface area contributed by atoms with Crippen LogP contribution in [0.2, 0.25) is 0 Å². The first-order valence-electron chi connectivity index (χ1n) is 24.2. The van der Waals surface area contributed by atoms with Crippen molar-refractivity contribution in [3.05, 3.63) is 185 Å². The molecule has 0 unspecified atom stereocenters. The molecule has 1 N–H and O–H groups in total. The van der Waals surface area contributed by atoms with Crippen molar-refractivity contribution in [2.45, 2.75) is 68.1 Å². The van der Waals surface area contributed by atoms with Crippen LogP contribution in [0.4, 0.5) is 17.1 Å². The first-order valence-corrected chi connectivity index (χ1v) is 27.6. The zero-order valence-electron chi connectivity index (χ0n) is 40.6. The lowest BCUT2D eigenvalue weighted by molar-refractivity contribution is 0.133. The van der Waals surface area contributed by atoms with Crippen molar-refractivity contribution in [3.8, 4) is 22.5 Å². The monoisotopic (exact) mass is 991 g/mol. The number of rotatable bonds is 23. The van der Waals surface area contributed by atoms with Crippen molar-refractivity contribution in [2.24, 2.45) is 0 Å². The second kappa shape index (κ2) is 24.4. The third-order valence-electron chi connectivity index (χ3n) is 12.4. The van der Waals surface area contributed by atoms with Gasteiger partial charge >= 0.3 is 0 Å². The van der Waals surface area contributed by atoms with Crippen LogP contribution >= 0.6 is 23.5 Å². The highest BCUT2D eigenvalue weighted by molar-refractivity contribution is 7.99. The predicted molar refractivity (Wildman–Crippen MR) is 291 cm³/mol. The van der Waals surface area contributed by atoms with E-state index in [0.717, 1.165) is 92.8 Å². The maximum atomic E-state index is 13.0. The number of para-hydroxylation sites is 2. The van der Waals surface area contributed by atoms with Gasteiger partial charge in [0.1, 0.15) is 16.2 Å². The van der Waals surface area contributed by atoms with Gasteiger partial charge in [-0.1, -0.05) is 91.0 Å². The molecule has 8 rings (SSSR count). The molecule has 362 valence electrons. The van der Waals surface area contributed by atoms with Gasteiger partial charge in [-0.25, -0.2) is 0 Å². The minimum absolute atomic E-state index is 0.163. The van der Waals surface area contributed by atoms with Gasteiger partial charge in [-0.2, -0.15) is 13.0 Å². The van der Waals surface area contributed by atoms with Gasteiger partial charge in [-0.15, -0.1) is 23.5 Å². The normalized spacial score (nSPS) is 12.2. The number of anilines is 2. The van der Waals surface area contributed by atoms with E-state index in [1.54, 1.807) is 18.2 Å². The number of hydrogen-bond donors (Lipinski definition) is 1. The van der Waals surface area contributed by atoms with Crippen molar-refractivity contribution in [2.75, 3.05) is 55.9 Å². The van der Waals surface area contributed by atoms with Crippen molar-refractivity contribution in [1.29, 1.82) is 0 Å². The third-order valence-corrected chi connectivity index (χ3v) is 15.5. The molecule has 0 aromatic heterocycles. The Balaban J connectivity index is 1.15. The number of fused-ring (bicyclic) bond motifs is 2. The Morgan fingerprint density at radius 1 is 0.586 bits per heavy atom. The summed E-state index contributed by atoms with van der Waals surface area (Å²) in [6.45, 7) is 12.6. The lowest BCUT2D eigenvalue weighted by Crippen LogP contribution is -2.28. The first-order chi connectivity index (χ1) is 34.1. The van der Waals surface area contributed by atoms with Crippen LogP contribution in [-0.4, -0.2) is 64.0 Å². The summed E-state index contributed by atoms with van der Waals surface area (Å²) in [6.07, 6.45) is 3.54. The van der Waals surface area contributed by atoms with Gasteiger partial charge in [0.05, 0.1) is 12.7 Å². The molecule has 0 bridgehead atoms. The van der Waals surface area contributed by atoms with Crippen LogP contribution < -0.4 is 14.8 Å². The second-order valence-corrected chi connectivity index (χ2v) is 21.3. The summed E-state index contributed by atoms with van der Waals surface area (Å²) in [4.78, 5) is 4.72. The fourth-order valence-corrected chi connectivity index (χ4v) is 11.6. The molecule has 1 aliphatic heterocycles. The Hall–Kier alpha value is -5.66. The smallest absolute Gasteiger partial charge is 0.295 e. The molecule has 11 heteroatoms. The van der Waals surface area contributed by atoms with Crippen molar-refractivity contribution in [3.63, 3.8) is 0 Å². The number of hydrogen-bond acceptors (Lipinski definition) is 8. The number of ether oxygens (including phenoxy) is 2. The highest BCUT2D eigenvalue weighted by Crippen LogP contribution is 2.44. The summed E-state index contributed by atoms with van der Waals surface area (Å²) in [5.41, 5.74) is 10.2. The zero-order valence-corrected chi connectivity index (χ0v) is 43.1. The fraction of sp³-hybridized carbons (Fsp3) is 0.271. The fourth-order valence-electron chi connectivity index (χ4n) is 9.18. The van der Waals surface area contributed by atoms with E-state index >= 15 is 0 Å². The van der Waals surface area contributed by atoms with E-state index in [9.17, 15) is 13.0 Å². The van der Waals surface area contributed by atoms with E-state index in [2.05, 4.69) is 146 Å². The summed E-state index contributed by atoms with van der Waals surface area (Å²) >= 11 is 3.70. The van der Waals surface area contributed by atoms with Crippen LogP contribution in [0.5, 0.6) is 0 Å². The average Bonchev–Trinajstić information content (AvgIpc) is 3.36. The van der Waals surface area contributed by atoms with Crippen LogP contribution in [0.15, 0.2) is 177 Å². The molecule has 0 atom stereocenters. The number of benzene rings is 7. The number of nitrogens with zero attached hydrogens (tertiary/aromatic N) is 2. The molecule has 0 amide bonds. The van der Waals surface area contributed by atoms with Crippen LogP contribution in [0.1, 0.15) is 47.9 Å². The molecule has 8 nitrogen and oxygen atoms in total. The summed E-state index contributed by atoms with van der Waals surface area (Å²) in [5.74, 6) is 2.59. The minimum atomic E-state index is -4.59.